The van der Waals surface area contributed by atoms with Gasteiger partial charge in [-0.05, 0) is 63.4 Å². The number of rotatable bonds is 4. The smallest absolute Gasteiger partial charge is 0.257 e. The van der Waals surface area contributed by atoms with Crippen molar-refractivity contribution in [3.63, 3.8) is 0 Å². The third kappa shape index (κ3) is 4.13. The Balaban J connectivity index is 1.47. The number of fused-ring (bicyclic) bond motifs is 1. The lowest BCUT2D eigenvalue weighted by atomic mass is 9.87. The maximum atomic E-state index is 10.6. The summed E-state index contributed by atoms with van der Waals surface area (Å²) in [6, 6.07) is 8.39. The molecule has 0 saturated carbocycles. The molecular formula is C22H29N3O3. The molecule has 4 rings (SSSR count). The van der Waals surface area contributed by atoms with Crippen molar-refractivity contribution in [2.45, 2.75) is 45.8 Å². The van der Waals surface area contributed by atoms with Gasteiger partial charge in [0, 0.05) is 36.4 Å². The molecule has 0 aromatic carbocycles. The number of pyridine rings is 2. The number of hydrogen-bond donors (Lipinski definition) is 1. The average Bonchev–Trinajstić information content (AvgIpc) is 2.68. The van der Waals surface area contributed by atoms with Gasteiger partial charge in [0.05, 0.1) is 11.8 Å². The minimum absolute atomic E-state index is 0.159. The zero-order chi connectivity index (χ0) is 19.7. The van der Waals surface area contributed by atoms with Crippen molar-refractivity contribution in [2.75, 3.05) is 26.3 Å². The Morgan fingerprint density at radius 2 is 1.89 bits per heavy atom. The van der Waals surface area contributed by atoms with Crippen LogP contribution in [0, 0.1) is 19.8 Å². The standard InChI is InChI=1S/C22H29N3O3/c1-14-10-17(11-15(2)23-14)12-18-13-25(7-6-20(18)26)16(3)19-4-5-21-22(24-19)28-9-8-27-21/h4-5,10-11,16,18,20,26H,6-9,12-13H2,1-3H3. The zero-order valence-corrected chi connectivity index (χ0v) is 16.9. The first kappa shape index (κ1) is 19.2. The van der Waals surface area contributed by atoms with Crippen LogP contribution >= 0.6 is 0 Å². The first-order valence-electron chi connectivity index (χ1n) is 10.1. The number of ether oxygens (including phenoxy) is 2. The Kier molecular flexibility index (Phi) is 5.51. The van der Waals surface area contributed by atoms with E-state index < -0.39 is 0 Å². The van der Waals surface area contributed by atoms with Crippen LogP contribution in [0.2, 0.25) is 0 Å². The van der Waals surface area contributed by atoms with E-state index in [0.717, 1.165) is 48.8 Å². The molecule has 2 aromatic rings. The van der Waals surface area contributed by atoms with E-state index in [1.165, 1.54) is 5.56 Å². The molecule has 28 heavy (non-hydrogen) atoms. The summed E-state index contributed by atoms with van der Waals surface area (Å²) < 4.78 is 11.2. The largest absolute Gasteiger partial charge is 0.484 e. The molecule has 4 heterocycles. The van der Waals surface area contributed by atoms with Crippen LogP contribution < -0.4 is 9.47 Å². The minimum Gasteiger partial charge on any atom is -0.484 e. The molecule has 3 unspecified atom stereocenters. The number of likely N-dealkylation sites (tertiary alicyclic amines) is 1. The highest BCUT2D eigenvalue weighted by molar-refractivity contribution is 5.36. The molecule has 1 fully saturated rings. The van der Waals surface area contributed by atoms with Gasteiger partial charge >= 0.3 is 0 Å². The van der Waals surface area contributed by atoms with E-state index in [4.69, 9.17) is 9.47 Å². The number of aryl methyl sites for hydroxylation is 2. The monoisotopic (exact) mass is 383 g/mol. The third-order valence-electron chi connectivity index (χ3n) is 5.77. The van der Waals surface area contributed by atoms with E-state index in [0.29, 0.717) is 19.1 Å². The van der Waals surface area contributed by atoms with E-state index in [1.54, 1.807) is 0 Å². The Bertz CT molecular complexity index is 822. The van der Waals surface area contributed by atoms with Crippen LogP contribution in [0.1, 0.15) is 42.0 Å². The fraction of sp³-hybridized carbons (Fsp3) is 0.545. The zero-order valence-electron chi connectivity index (χ0n) is 16.9. The summed E-state index contributed by atoms with van der Waals surface area (Å²) in [4.78, 5) is 11.6. The fourth-order valence-electron chi connectivity index (χ4n) is 4.31. The molecular weight excluding hydrogens is 354 g/mol. The molecule has 0 spiro atoms. The van der Waals surface area contributed by atoms with Crippen molar-refractivity contribution in [2.24, 2.45) is 5.92 Å². The number of aliphatic hydroxyl groups is 1. The highest BCUT2D eigenvalue weighted by Gasteiger charge is 2.31. The number of aliphatic hydroxyl groups excluding tert-OH is 1. The van der Waals surface area contributed by atoms with E-state index in [1.807, 2.05) is 26.0 Å². The Hall–Kier alpha value is -2.18. The van der Waals surface area contributed by atoms with Crippen molar-refractivity contribution in [1.82, 2.24) is 14.9 Å². The summed E-state index contributed by atoms with van der Waals surface area (Å²) in [6.07, 6.45) is 1.37. The predicted molar refractivity (Wildman–Crippen MR) is 107 cm³/mol. The second-order valence-electron chi connectivity index (χ2n) is 7.99. The van der Waals surface area contributed by atoms with Gasteiger partial charge in [-0.2, -0.15) is 0 Å². The lowest BCUT2D eigenvalue weighted by molar-refractivity contribution is 0.0114. The molecule has 6 heteroatoms. The van der Waals surface area contributed by atoms with Crippen LogP contribution in [0.4, 0.5) is 0 Å². The molecule has 0 bridgehead atoms. The highest BCUT2D eigenvalue weighted by atomic mass is 16.6. The van der Waals surface area contributed by atoms with Gasteiger partial charge < -0.3 is 14.6 Å². The van der Waals surface area contributed by atoms with Crippen molar-refractivity contribution >= 4 is 0 Å². The SMILES string of the molecule is Cc1cc(CC2CN(C(C)c3ccc4c(n3)OCCO4)CCC2O)cc(C)n1. The summed E-state index contributed by atoms with van der Waals surface area (Å²) in [5.74, 6) is 1.51. The molecule has 0 amide bonds. The Morgan fingerprint density at radius 1 is 1.14 bits per heavy atom. The maximum Gasteiger partial charge on any atom is 0.257 e. The van der Waals surface area contributed by atoms with Crippen LogP contribution in [0.5, 0.6) is 11.6 Å². The molecule has 1 N–H and O–H groups in total. The normalized spacial score (nSPS) is 23.4. The van der Waals surface area contributed by atoms with Crippen LogP contribution in [0.15, 0.2) is 24.3 Å². The topological polar surface area (TPSA) is 67.7 Å². The molecule has 0 aliphatic carbocycles. The van der Waals surface area contributed by atoms with Crippen LogP contribution in [0.3, 0.4) is 0 Å². The van der Waals surface area contributed by atoms with Gasteiger partial charge in [0.15, 0.2) is 5.75 Å². The summed E-state index contributed by atoms with van der Waals surface area (Å²) in [7, 11) is 0. The van der Waals surface area contributed by atoms with Gasteiger partial charge in [-0.3, -0.25) is 9.88 Å². The first-order chi connectivity index (χ1) is 13.5. The van der Waals surface area contributed by atoms with E-state index >= 15 is 0 Å². The lowest BCUT2D eigenvalue weighted by Crippen LogP contribution is -2.45. The highest BCUT2D eigenvalue weighted by Crippen LogP contribution is 2.33. The van der Waals surface area contributed by atoms with Crippen LogP contribution in [0.25, 0.3) is 0 Å². The van der Waals surface area contributed by atoms with E-state index in [9.17, 15) is 5.11 Å². The summed E-state index contributed by atoms with van der Waals surface area (Å²) in [5, 5.41) is 10.6. The molecule has 0 radical (unpaired) electrons. The van der Waals surface area contributed by atoms with E-state index in [-0.39, 0.29) is 18.1 Å². The molecule has 3 atom stereocenters. The Morgan fingerprint density at radius 3 is 2.68 bits per heavy atom. The maximum absolute atomic E-state index is 10.6. The van der Waals surface area contributed by atoms with Crippen LogP contribution in [-0.2, 0) is 6.42 Å². The van der Waals surface area contributed by atoms with Crippen molar-refractivity contribution in [3.05, 3.63) is 46.9 Å². The van der Waals surface area contributed by atoms with E-state index in [2.05, 4.69) is 33.9 Å². The van der Waals surface area contributed by atoms with Gasteiger partial charge in [0.1, 0.15) is 13.2 Å². The number of nitrogens with zero attached hydrogens (tertiary/aromatic N) is 3. The second kappa shape index (κ2) is 8.05. The summed E-state index contributed by atoms with van der Waals surface area (Å²) in [5.41, 5.74) is 4.30. The summed E-state index contributed by atoms with van der Waals surface area (Å²) in [6.45, 7) is 9.05. The quantitative estimate of drug-likeness (QED) is 0.876. The minimum atomic E-state index is -0.273. The van der Waals surface area contributed by atoms with Crippen molar-refractivity contribution in [1.29, 1.82) is 0 Å². The fourth-order valence-corrected chi connectivity index (χ4v) is 4.31. The van der Waals surface area contributed by atoms with Gasteiger partial charge in [-0.1, -0.05) is 0 Å². The van der Waals surface area contributed by atoms with Crippen LogP contribution in [-0.4, -0.2) is 52.4 Å². The van der Waals surface area contributed by atoms with Gasteiger partial charge in [-0.15, -0.1) is 0 Å². The number of piperidine rings is 1. The molecule has 6 nitrogen and oxygen atoms in total. The predicted octanol–water partition coefficient (Wildman–Crippen LogP) is 2.85. The number of hydrogen-bond acceptors (Lipinski definition) is 6. The molecule has 1 saturated heterocycles. The lowest BCUT2D eigenvalue weighted by Gasteiger charge is -2.39. The van der Waals surface area contributed by atoms with Crippen molar-refractivity contribution < 1.29 is 14.6 Å². The average molecular weight is 383 g/mol. The number of aromatic nitrogens is 2. The van der Waals surface area contributed by atoms with Gasteiger partial charge in [0.2, 0.25) is 0 Å². The first-order valence-corrected chi connectivity index (χ1v) is 10.1. The van der Waals surface area contributed by atoms with Gasteiger partial charge in [0.25, 0.3) is 5.88 Å². The third-order valence-corrected chi connectivity index (χ3v) is 5.77. The molecule has 2 aliphatic rings. The molecule has 150 valence electrons. The summed E-state index contributed by atoms with van der Waals surface area (Å²) >= 11 is 0. The second-order valence-corrected chi connectivity index (χ2v) is 7.99. The Labute approximate surface area is 166 Å². The molecule has 2 aromatic heterocycles. The van der Waals surface area contributed by atoms with Crippen molar-refractivity contribution in [3.8, 4) is 11.6 Å². The van der Waals surface area contributed by atoms with Gasteiger partial charge in [-0.25, -0.2) is 4.98 Å². The molecule has 2 aliphatic heterocycles.